The van der Waals surface area contributed by atoms with Gasteiger partial charge in [0.2, 0.25) is 0 Å². The van der Waals surface area contributed by atoms with Crippen molar-refractivity contribution >= 4 is 38.9 Å². The van der Waals surface area contributed by atoms with Gasteiger partial charge in [-0.05, 0) is 42.3 Å². The number of amides is 1. The maximum atomic E-state index is 12.5. The van der Waals surface area contributed by atoms with Crippen molar-refractivity contribution in [1.82, 2.24) is 5.32 Å². The molecule has 0 spiro atoms. The summed E-state index contributed by atoms with van der Waals surface area (Å²) >= 11 is 7.79. The molecule has 0 bridgehead atoms. The zero-order chi connectivity index (χ0) is 19.4. The molecule has 1 N–H and O–H groups in total. The highest BCUT2D eigenvalue weighted by molar-refractivity contribution is 7.21. The van der Waals surface area contributed by atoms with Crippen LogP contribution >= 0.6 is 22.9 Å². The third-order valence-corrected chi connectivity index (χ3v) is 5.86. The Kier molecular flexibility index (Phi) is 6.08. The molecule has 1 amide bonds. The second-order valence-corrected chi connectivity index (χ2v) is 7.23. The standard InChI is InChI=1S/C20H20ClNO4S/c1-24-13-5-7-17-14(11-13)18(21)19(27-17)20(23)22-9-8-12-4-6-15(25-2)16(10-12)26-3/h4-7,10-11H,8-9H2,1-3H3,(H,22,23). The smallest absolute Gasteiger partial charge is 0.262 e. The topological polar surface area (TPSA) is 56.8 Å². The summed E-state index contributed by atoms with van der Waals surface area (Å²) in [4.78, 5) is 13.0. The number of methoxy groups -OCH3 is 3. The van der Waals surface area contributed by atoms with Crippen LogP contribution in [0.3, 0.4) is 0 Å². The molecule has 0 atom stereocenters. The van der Waals surface area contributed by atoms with Gasteiger partial charge in [0, 0.05) is 16.6 Å². The number of fused-ring (bicyclic) bond motifs is 1. The minimum absolute atomic E-state index is 0.180. The molecule has 7 heteroatoms. The van der Waals surface area contributed by atoms with E-state index in [2.05, 4.69) is 5.32 Å². The molecule has 0 saturated heterocycles. The molecule has 0 aliphatic heterocycles. The molecular formula is C20H20ClNO4S. The van der Waals surface area contributed by atoms with E-state index in [1.807, 2.05) is 36.4 Å². The SMILES string of the molecule is COc1ccc2sc(C(=O)NCCc3ccc(OC)c(OC)c3)c(Cl)c2c1. The number of hydrogen-bond donors (Lipinski definition) is 1. The monoisotopic (exact) mass is 405 g/mol. The summed E-state index contributed by atoms with van der Waals surface area (Å²) in [6.07, 6.45) is 0.669. The molecule has 3 aromatic rings. The first kappa shape index (κ1) is 19.3. The zero-order valence-corrected chi connectivity index (χ0v) is 16.9. The zero-order valence-electron chi connectivity index (χ0n) is 15.3. The fourth-order valence-corrected chi connectivity index (χ4v) is 4.16. The normalized spacial score (nSPS) is 10.7. The van der Waals surface area contributed by atoms with Gasteiger partial charge < -0.3 is 19.5 Å². The van der Waals surface area contributed by atoms with Crippen molar-refractivity contribution in [3.05, 3.63) is 51.9 Å². The highest BCUT2D eigenvalue weighted by Gasteiger charge is 2.17. The van der Waals surface area contributed by atoms with Gasteiger partial charge in [-0.15, -0.1) is 11.3 Å². The maximum Gasteiger partial charge on any atom is 0.262 e. The first-order chi connectivity index (χ1) is 13.1. The number of halogens is 1. The first-order valence-corrected chi connectivity index (χ1v) is 9.52. The van der Waals surface area contributed by atoms with E-state index in [1.54, 1.807) is 21.3 Å². The molecule has 0 unspecified atom stereocenters. The Bertz CT molecular complexity index is 970. The van der Waals surface area contributed by atoms with E-state index in [4.69, 9.17) is 25.8 Å². The fraction of sp³-hybridized carbons (Fsp3) is 0.250. The minimum Gasteiger partial charge on any atom is -0.497 e. The van der Waals surface area contributed by atoms with Gasteiger partial charge in [-0.2, -0.15) is 0 Å². The Labute approximate surface area is 166 Å². The molecular weight excluding hydrogens is 386 g/mol. The lowest BCUT2D eigenvalue weighted by Crippen LogP contribution is -2.25. The summed E-state index contributed by atoms with van der Waals surface area (Å²) in [5.74, 6) is 1.88. The van der Waals surface area contributed by atoms with E-state index < -0.39 is 0 Å². The number of carbonyl (C=O) groups is 1. The van der Waals surface area contributed by atoms with Crippen LogP contribution in [0.2, 0.25) is 5.02 Å². The number of thiophene rings is 1. The van der Waals surface area contributed by atoms with Gasteiger partial charge in [0.15, 0.2) is 11.5 Å². The average Bonchev–Trinajstić information content (AvgIpc) is 3.03. The van der Waals surface area contributed by atoms with Crippen LogP contribution in [0.1, 0.15) is 15.2 Å². The summed E-state index contributed by atoms with van der Waals surface area (Å²) in [5.41, 5.74) is 1.04. The Hall–Kier alpha value is -2.44. The van der Waals surface area contributed by atoms with Crippen LogP contribution in [0.5, 0.6) is 17.2 Å². The second kappa shape index (κ2) is 8.50. The van der Waals surface area contributed by atoms with E-state index in [1.165, 1.54) is 11.3 Å². The van der Waals surface area contributed by atoms with Crippen LogP contribution in [0.15, 0.2) is 36.4 Å². The lowest BCUT2D eigenvalue weighted by atomic mass is 10.1. The number of rotatable bonds is 7. The van der Waals surface area contributed by atoms with E-state index in [0.717, 1.165) is 15.6 Å². The predicted molar refractivity (Wildman–Crippen MR) is 109 cm³/mol. The van der Waals surface area contributed by atoms with Crippen LogP contribution < -0.4 is 19.5 Å². The highest BCUT2D eigenvalue weighted by Crippen LogP contribution is 2.37. The van der Waals surface area contributed by atoms with Crippen molar-refractivity contribution in [2.45, 2.75) is 6.42 Å². The molecule has 0 saturated carbocycles. The lowest BCUT2D eigenvalue weighted by Gasteiger charge is -2.10. The molecule has 1 heterocycles. The van der Waals surface area contributed by atoms with Gasteiger partial charge in [0.1, 0.15) is 10.6 Å². The van der Waals surface area contributed by atoms with Crippen molar-refractivity contribution in [2.75, 3.05) is 27.9 Å². The van der Waals surface area contributed by atoms with Crippen LogP contribution in [0, 0.1) is 0 Å². The highest BCUT2D eigenvalue weighted by atomic mass is 35.5. The van der Waals surface area contributed by atoms with Gasteiger partial charge in [-0.3, -0.25) is 4.79 Å². The molecule has 142 valence electrons. The summed E-state index contributed by atoms with van der Waals surface area (Å²) in [6, 6.07) is 11.3. The van der Waals surface area contributed by atoms with Gasteiger partial charge in [0.05, 0.1) is 26.4 Å². The summed E-state index contributed by atoms with van der Waals surface area (Å²) in [5, 5.41) is 4.21. The van der Waals surface area contributed by atoms with Gasteiger partial charge >= 0.3 is 0 Å². The lowest BCUT2D eigenvalue weighted by molar-refractivity contribution is 0.0958. The van der Waals surface area contributed by atoms with E-state index >= 15 is 0 Å². The third-order valence-electron chi connectivity index (χ3n) is 4.19. The Morgan fingerprint density at radius 1 is 1.04 bits per heavy atom. The molecule has 5 nitrogen and oxygen atoms in total. The van der Waals surface area contributed by atoms with E-state index in [0.29, 0.717) is 40.1 Å². The summed E-state index contributed by atoms with van der Waals surface area (Å²) in [7, 11) is 4.80. The molecule has 0 aliphatic rings. The third kappa shape index (κ3) is 4.12. The molecule has 0 aliphatic carbocycles. The quantitative estimate of drug-likeness (QED) is 0.626. The van der Waals surface area contributed by atoms with Crippen molar-refractivity contribution in [1.29, 1.82) is 0 Å². The molecule has 27 heavy (non-hydrogen) atoms. The number of nitrogens with one attached hydrogen (secondary N) is 1. The summed E-state index contributed by atoms with van der Waals surface area (Å²) < 4.78 is 16.7. The number of benzene rings is 2. The van der Waals surface area contributed by atoms with Crippen LogP contribution in [0.25, 0.3) is 10.1 Å². The Balaban J connectivity index is 1.68. The fourth-order valence-electron chi connectivity index (χ4n) is 2.76. The van der Waals surface area contributed by atoms with Crippen LogP contribution in [-0.4, -0.2) is 33.8 Å². The summed E-state index contributed by atoms with van der Waals surface area (Å²) in [6.45, 7) is 0.488. The Morgan fingerprint density at radius 3 is 2.52 bits per heavy atom. The first-order valence-electron chi connectivity index (χ1n) is 8.32. The maximum absolute atomic E-state index is 12.5. The molecule has 1 aromatic heterocycles. The molecule has 0 radical (unpaired) electrons. The number of hydrogen-bond acceptors (Lipinski definition) is 5. The van der Waals surface area contributed by atoms with Crippen molar-refractivity contribution in [2.24, 2.45) is 0 Å². The van der Waals surface area contributed by atoms with Crippen LogP contribution in [0.4, 0.5) is 0 Å². The number of ether oxygens (including phenoxy) is 3. The molecule has 2 aromatic carbocycles. The molecule has 3 rings (SSSR count). The minimum atomic E-state index is -0.180. The van der Waals surface area contributed by atoms with Crippen LogP contribution in [-0.2, 0) is 6.42 Å². The number of carbonyl (C=O) groups excluding carboxylic acids is 1. The van der Waals surface area contributed by atoms with Gasteiger partial charge in [-0.25, -0.2) is 0 Å². The predicted octanol–water partition coefficient (Wildman–Crippen LogP) is 4.55. The van der Waals surface area contributed by atoms with Gasteiger partial charge in [0.25, 0.3) is 5.91 Å². The van der Waals surface area contributed by atoms with E-state index in [9.17, 15) is 4.79 Å². The Morgan fingerprint density at radius 2 is 1.81 bits per heavy atom. The molecule has 0 fully saturated rings. The second-order valence-electron chi connectivity index (χ2n) is 5.80. The van der Waals surface area contributed by atoms with E-state index in [-0.39, 0.29) is 5.91 Å². The largest absolute Gasteiger partial charge is 0.497 e. The average molecular weight is 406 g/mol. The van der Waals surface area contributed by atoms with Crippen molar-refractivity contribution in [3.63, 3.8) is 0 Å². The van der Waals surface area contributed by atoms with Crippen molar-refractivity contribution in [3.8, 4) is 17.2 Å². The van der Waals surface area contributed by atoms with Gasteiger partial charge in [-0.1, -0.05) is 17.7 Å². The van der Waals surface area contributed by atoms with Crippen molar-refractivity contribution < 1.29 is 19.0 Å².